The van der Waals surface area contributed by atoms with E-state index in [1.54, 1.807) is 12.1 Å². The number of nitrogens with one attached hydrogen (secondary N) is 1. The Kier molecular flexibility index (Phi) is 2.60. The minimum Gasteiger partial charge on any atom is -0.399 e. The van der Waals surface area contributed by atoms with Gasteiger partial charge in [-0.25, -0.2) is 4.98 Å². The molecule has 92 valence electrons. The summed E-state index contributed by atoms with van der Waals surface area (Å²) >= 11 is 0. The Bertz CT molecular complexity index is 632. The maximum Gasteiger partial charge on any atom is 0.256 e. The number of benzene rings is 1. The minimum absolute atomic E-state index is 0.119. The Balaban J connectivity index is 2.11. The number of ether oxygens (including phenoxy) is 1. The van der Waals surface area contributed by atoms with Crippen LogP contribution in [-0.4, -0.2) is 16.6 Å². The molecule has 1 aliphatic heterocycles. The molecule has 18 heavy (non-hydrogen) atoms. The monoisotopic (exact) mass is 243 g/mol. The quantitative estimate of drug-likeness (QED) is 0.735. The lowest BCUT2D eigenvalue weighted by Gasteiger charge is -2.15. The number of nitrogens with two attached hydrogens (primary N) is 1. The van der Waals surface area contributed by atoms with Crippen molar-refractivity contribution in [3.8, 4) is 11.4 Å². The van der Waals surface area contributed by atoms with Crippen molar-refractivity contribution in [1.82, 2.24) is 9.97 Å². The van der Waals surface area contributed by atoms with Crippen LogP contribution in [0.25, 0.3) is 11.4 Å². The largest absolute Gasteiger partial charge is 0.399 e. The van der Waals surface area contributed by atoms with E-state index in [4.69, 9.17) is 10.5 Å². The second-order valence-electron chi connectivity index (χ2n) is 4.26. The second kappa shape index (κ2) is 4.27. The highest BCUT2D eigenvalue weighted by Gasteiger charge is 2.16. The van der Waals surface area contributed by atoms with E-state index in [9.17, 15) is 4.79 Å². The number of aromatic nitrogens is 2. The summed E-state index contributed by atoms with van der Waals surface area (Å²) in [7, 11) is 0. The summed E-state index contributed by atoms with van der Waals surface area (Å²) in [5, 5.41) is 0. The van der Waals surface area contributed by atoms with Gasteiger partial charge < -0.3 is 15.5 Å². The highest BCUT2D eigenvalue weighted by Crippen LogP contribution is 2.18. The van der Waals surface area contributed by atoms with Crippen molar-refractivity contribution in [1.29, 1.82) is 0 Å². The van der Waals surface area contributed by atoms with Crippen molar-refractivity contribution in [2.45, 2.75) is 13.0 Å². The third-order valence-electron chi connectivity index (χ3n) is 3.01. The third kappa shape index (κ3) is 1.89. The van der Waals surface area contributed by atoms with Crippen LogP contribution in [0.3, 0.4) is 0 Å². The molecule has 0 saturated carbocycles. The van der Waals surface area contributed by atoms with E-state index < -0.39 is 0 Å². The first-order chi connectivity index (χ1) is 8.74. The predicted molar refractivity (Wildman–Crippen MR) is 68.1 cm³/mol. The van der Waals surface area contributed by atoms with Gasteiger partial charge in [0, 0.05) is 17.7 Å². The lowest BCUT2D eigenvalue weighted by molar-refractivity contribution is 0.108. The van der Waals surface area contributed by atoms with Gasteiger partial charge >= 0.3 is 0 Å². The van der Waals surface area contributed by atoms with Crippen LogP contribution in [0.2, 0.25) is 0 Å². The zero-order chi connectivity index (χ0) is 12.5. The van der Waals surface area contributed by atoms with Gasteiger partial charge in [0.15, 0.2) is 0 Å². The summed E-state index contributed by atoms with van der Waals surface area (Å²) in [4.78, 5) is 19.2. The van der Waals surface area contributed by atoms with Gasteiger partial charge in [0.05, 0.1) is 24.5 Å². The molecule has 2 heterocycles. The Morgan fingerprint density at radius 3 is 2.83 bits per heavy atom. The molecule has 3 N–H and O–H groups in total. The molecule has 0 bridgehead atoms. The topological polar surface area (TPSA) is 81.0 Å². The maximum atomic E-state index is 11.9. The van der Waals surface area contributed by atoms with Gasteiger partial charge in [-0.3, -0.25) is 4.79 Å². The molecule has 0 amide bonds. The fraction of sp³-hybridized carbons (Fsp3) is 0.231. The van der Waals surface area contributed by atoms with Gasteiger partial charge in [-0.15, -0.1) is 0 Å². The summed E-state index contributed by atoms with van der Waals surface area (Å²) in [6, 6.07) is 7.27. The van der Waals surface area contributed by atoms with Crippen molar-refractivity contribution in [2.75, 3.05) is 12.3 Å². The van der Waals surface area contributed by atoms with Crippen molar-refractivity contribution >= 4 is 5.69 Å². The molecule has 5 heteroatoms. The van der Waals surface area contributed by atoms with Gasteiger partial charge in [0.1, 0.15) is 5.82 Å². The van der Waals surface area contributed by atoms with Crippen LogP contribution in [0, 0.1) is 0 Å². The number of rotatable bonds is 1. The fourth-order valence-electron chi connectivity index (χ4n) is 2.02. The molecule has 5 nitrogen and oxygen atoms in total. The average Bonchev–Trinajstić information content (AvgIpc) is 2.39. The van der Waals surface area contributed by atoms with Crippen LogP contribution >= 0.6 is 0 Å². The summed E-state index contributed by atoms with van der Waals surface area (Å²) < 4.78 is 5.26. The lowest BCUT2D eigenvalue weighted by atomic mass is 10.1. The summed E-state index contributed by atoms with van der Waals surface area (Å²) in [6.45, 7) is 0.963. The van der Waals surface area contributed by atoms with E-state index in [0.717, 1.165) is 11.3 Å². The number of hydrogen-bond donors (Lipinski definition) is 2. The molecule has 0 aliphatic carbocycles. The maximum absolute atomic E-state index is 11.9. The molecule has 1 aromatic heterocycles. The fourth-order valence-corrected chi connectivity index (χ4v) is 2.02. The van der Waals surface area contributed by atoms with E-state index in [-0.39, 0.29) is 5.56 Å². The summed E-state index contributed by atoms with van der Waals surface area (Å²) in [5.41, 5.74) is 8.53. The van der Waals surface area contributed by atoms with Gasteiger partial charge in [0.2, 0.25) is 0 Å². The van der Waals surface area contributed by atoms with Gasteiger partial charge in [0.25, 0.3) is 5.56 Å². The lowest BCUT2D eigenvalue weighted by Crippen LogP contribution is -2.24. The smallest absolute Gasteiger partial charge is 0.256 e. The molecule has 0 atom stereocenters. The molecule has 0 fully saturated rings. The van der Waals surface area contributed by atoms with E-state index >= 15 is 0 Å². The highest BCUT2D eigenvalue weighted by atomic mass is 16.5. The van der Waals surface area contributed by atoms with Gasteiger partial charge in [-0.05, 0) is 24.3 Å². The molecular weight excluding hydrogens is 230 g/mol. The Hall–Kier alpha value is -2.14. The number of H-pyrrole nitrogens is 1. The Morgan fingerprint density at radius 2 is 2.06 bits per heavy atom. The van der Waals surface area contributed by atoms with Crippen LogP contribution in [-0.2, 0) is 17.8 Å². The Morgan fingerprint density at radius 1 is 1.28 bits per heavy atom. The summed E-state index contributed by atoms with van der Waals surface area (Å²) in [6.07, 6.45) is 0.682. The average molecular weight is 243 g/mol. The van der Waals surface area contributed by atoms with E-state index in [1.807, 2.05) is 12.1 Å². The highest BCUT2D eigenvalue weighted by molar-refractivity contribution is 5.58. The normalized spacial score (nSPS) is 14.2. The number of anilines is 1. The standard InChI is InChI=1S/C13H13N3O2/c14-9-3-1-8(2-4-9)12-15-11-5-6-18-7-10(11)13(17)16-12/h1-4H,5-7,14H2,(H,15,16,17). The van der Waals surface area contributed by atoms with Crippen LogP contribution < -0.4 is 11.3 Å². The second-order valence-corrected chi connectivity index (χ2v) is 4.26. The predicted octanol–water partition coefficient (Wildman–Crippen LogP) is 1.09. The number of fused-ring (bicyclic) bond motifs is 1. The zero-order valence-corrected chi connectivity index (χ0v) is 9.77. The van der Waals surface area contributed by atoms with E-state index in [1.165, 1.54) is 0 Å². The van der Waals surface area contributed by atoms with Crippen LogP contribution in [0.1, 0.15) is 11.3 Å². The SMILES string of the molecule is Nc1ccc(-c2nc3c(c(=O)[nH]2)COCC3)cc1. The van der Waals surface area contributed by atoms with Crippen molar-refractivity contribution in [2.24, 2.45) is 0 Å². The third-order valence-corrected chi connectivity index (χ3v) is 3.01. The molecule has 1 aromatic carbocycles. The first-order valence-corrected chi connectivity index (χ1v) is 5.80. The van der Waals surface area contributed by atoms with Crippen molar-refractivity contribution < 1.29 is 4.74 Å². The minimum atomic E-state index is -0.119. The van der Waals surface area contributed by atoms with Crippen LogP contribution in [0.4, 0.5) is 5.69 Å². The molecule has 2 aromatic rings. The van der Waals surface area contributed by atoms with E-state index in [2.05, 4.69) is 9.97 Å². The number of aromatic amines is 1. The van der Waals surface area contributed by atoms with Gasteiger partial charge in [-0.1, -0.05) is 0 Å². The first kappa shape index (κ1) is 11.0. The zero-order valence-electron chi connectivity index (χ0n) is 9.77. The molecule has 1 aliphatic rings. The molecule has 0 radical (unpaired) electrons. The van der Waals surface area contributed by atoms with Crippen molar-refractivity contribution in [3.05, 3.63) is 45.9 Å². The van der Waals surface area contributed by atoms with Crippen LogP contribution in [0.15, 0.2) is 29.1 Å². The molecular formula is C13H13N3O2. The number of nitrogens with zero attached hydrogens (tertiary/aromatic N) is 1. The Labute approximate surface area is 104 Å². The first-order valence-electron chi connectivity index (χ1n) is 5.80. The molecule has 0 spiro atoms. The summed E-state index contributed by atoms with van der Waals surface area (Å²) in [5.74, 6) is 0.584. The number of hydrogen-bond acceptors (Lipinski definition) is 4. The van der Waals surface area contributed by atoms with Crippen molar-refractivity contribution in [3.63, 3.8) is 0 Å². The molecule has 3 rings (SSSR count). The number of nitrogen functional groups attached to an aromatic ring is 1. The van der Waals surface area contributed by atoms with Crippen LogP contribution in [0.5, 0.6) is 0 Å². The molecule has 0 unspecified atom stereocenters. The van der Waals surface area contributed by atoms with Gasteiger partial charge in [-0.2, -0.15) is 0 Å². The molecule has 0 saturated heterocycles. The van der Waals surface area contributed by atoms with E-state index in [0.29, 0.717) is 36.7 Å².